The summed E-state index contributed by atoms with van der Waals surface area (Å²) in [5.74, 6) is 0. The number of hydrogen-bond donors (Lipinski definition) is 0. The molecule has 0 saturated heterocycles. The lowest BCUT2D eigenvalue weighted by molar-refractivity contribution is 0.0973. The van der Waals surface area contributed by atoms with Crippen LogP contribution in [0.1, 0.15) is 24.2 Å². The Balaban J connectivity index is 2.14. The Morgan fingerprint density at radius 1 is 0.944 bits per heavy atom. The second-order valence-electron chi connectivity index (χ2n) is 4.06. The summed E-state index contributed by atoms with van der Waals surface area (Å²) in [5.41, 5.74) is 2.38. The average Bonchev–Trinajstić information content (AvgIpc) is 2.45. The largest absolute Gasteiger partial charge is 0.370 e. The zero-order valence-electron chi connectivity index (χ0n) is 10.6. The van der Waals surface area contributed by atoms with E-state index in [2.05, 4.69) is 36.4 Å². The average molecular weight is 238 g/mol. The molecule has 2 rings (SSSR count). The van der Waals surface area contributed by atoms with Crippen LogP contribution >= 0.6 is 0 Å². The second-order valence-corrected chi connectivity index (χ2v) is 4.06. The van der Waals surface area contributed by atoms with Gasteiger partial charge in [-0.2, -0.15) is 0 Å². The number of ether oxygens (including phenoxy) is 1. The molecule has 0 aliphatic heterocycles. The van der Waals surface area contributed by atoms with Gasteiger partial charge in [0.15, 0.2) is 0 Å². The molecular weight excluding hydrogens is 220 g/mol. The lowest BCUT2D eigenvalue weighted by Crippen LogP contribution is -2.00. The van der Waals surface area contributed by atoms with E-state index in [1.807, 2.05) is 43.3 Å². The summed E-state index contributed by atoms with van der Waals surface area (Å²) in [7, 11) is 0. The first-order valence-corrected chi connectivity index (χ1v) is 6.30. The highest BCUT2D eigenvalue weighted by molar-refractivity contribution is 5.50. The monoisotopic (exact) mass is 238 g/mol. The Hall–Kier alpha value is -1.86. The molecule has 18 heavy (non-hydrogen) atoms. The summed E-state index contributed by atoms with van der Waals surface area (Å²) >= 11 is 0. The van der Waals surface area contributed by atoms with Crippen molar-refractivity contribution in [3.05, 3.63) is 77.9 Å². The fourth-order valence-electron chi connectivity index (χ4n) is 1.85. The van der Waals surface area contributed by atoms with Crippen molar-refractivity contribution in [3.8, 4) is 0 Å². The molecule has 0 bridgehead atoms. The van der Waals surface area contributed by atoms with Gasteiger partial charge in [0.25, 0.3) is 0 Å². The molecule has 1 nitrogen and oxygen atoms in total. The lowest BCUT2D eigenvalue weighted by atomic mass is 10.1. The predicted octanol–water partition coefficient (Wildman–Crippen LogP) is 4.48. The standard InChI is InChI=1S/C17H18O/c1-2-18-17(16-11-7-4-8-12-16)14-13-15-9-5-3-6-10-15/h3-14,17H,2H2,1H3/b14-13+/t17-/m1/s1. The van der Waals surface area contributed by atoms with Crippen molar-refractivity contribution >= 4 is 6.08 Å². The minimum Gasteiger partial charge on any atom is -0.370 e. The Kier molecular flexibility index (Phi) is 4.74. The van der Waals surface area contributed by atoms with Gasteiger partial charge in [-0.1, -0.05) is 72.8 Å². The maximum absolute atomic E-state index is 5.76. The Bertz CT molecular complexity index is 473. The maximum Gasteiger partial charge on any atom is 0.101 e. The van der Waals surface area contributed by atoms with Crippen LogP contribution in [0, 0.1) is 0 Å². The molecule has 1 atom stereocenters. The molecule has 2 aromatic rings. The van der Waals surface area contributed by atoms with Crippen molar-refractivity contribution < 1.29 is 4.74 Å². The summed E-state index contributed by atoms with van der Waals surface area (Å²) in [6, 6.07) is 20.6. The van der Waals surface area contributed by atoms with Crippen LogP contribution in [-0.4, -0.2) is 6.61 Å². The molecule has 0 unspecified atom stereocenters. The van der Waals surface area contributed by atoms with Crippen LogP contribution in [0.4, 0.5) is 0 Å². The van der Waals surface area contributed by atoms with Gasteiger partial charge in [-0.05, 0) is 18.1 Å². The smallest absolute Gasteiger partial charge is 0.101 e. The molecule has 1 heteroatoms. The molecule has 0 fully saturated rings. The van der Waals surface area contributed by atoms with E-state index in [4.69, 9.17) is 4.74 Å². The summed E-state index contributed by atoms with van der Waals surface area (Å²) in [6.45, 7) is 2.73. The van der Waals surface area contributed by atoms with Crippen LogP contribution in [0.3, 0.4) is 0 Å². The Morgan fingerprint density at radius 3 is 2.17 bits per heavy atom. The van der Waals surface area contributed by atoms with Gasteiger partial charge in [0.05, 0.1) is 0 Å². The maximum atomic E-state index is 5.76. The van der Waals surface area contributed by atoms with Crippen molar-refractivity contribution in [2.75, 3.05) is 6.61 Å². The Labute approximate surface area is 109 Å². The van der Waals surface area contributed by atoms with E-state index >= 15 is 0 Å². The van der Waals surface area contributed by atoms with Crippen molar-refractivity contribution in [3.63, 3.8) is 0 Å². The molecule has 0 aliphatic rings. The molecular formula is C17H18O. The summed E-state index contributed by atoms with van der Waals surface area (Å²) in [4.78, 5) is 0. The van der Waals surface area contributed by atoms with Gasteiger partial charge in [0.2, 0.25) is 0 Å². The number of rotatable bonds is 5. The quantitative estimate of drug-likeness (QED) is 0.746. The molecule has 0 amide bonds. The molecule has 0 N–H and O–H groups in total. The van der Waals surface area contributed by atoms with Gasteiger partial charge in [-0.25, -0.2) is 0 Å². The van der Waals surface area contributed by atoms with Crippen LogP contribution in [0.15, 0.2) is 66.7 Å². The van der Waals surface area contributed by atoms with Crippen molar-refractivity contribution in [1.82, 2.24) is 0 Å². The number of benzene rings is 2. The fourth-order valence-corrected chi connectivity index (χ4v) is 1.85. The van der Waals surface area contributed by atoms with Gasteiger partial charge in [0.1, 0.15) is 6.10 Å². The molecule has 92 valence electrons. The first kappa shape index (κ1) is 12.6. The van der Waals surface area contributed by atoms with Crippen molar-refractivity contribution in [1.29, 1.82) is 0 Å². The van der Waals surface area contributed by atoms with Gasteiger partial charge in [0, 0.05) is 6.61 Å². The molecule has 0 saturated carbocycles. The molecule has 0 spiro atoms. The van der Waals surface area contributed by atoms with E-state index in [1.165, 1.54) is 11.1 Å². The lowest BCUT2D eigenvalue weighted by Gasteiger charge is -2.13. The van der Waals surface area contributed by atoms with Gasteiger partial charge in [-0.3, -0.25) is 0 Å². The highest BCUT2D eigenvalue weighted by atomic mass is 16.5. The van der Waals surface area contributed by atoms with E-state index in [0.29, 0.717) is 6.61 Å². The van der Waals surface area contributed by atoms with E-state index in [9.17, 15) is 0 Å². The normalized spacial score (nSPS) is 12.7. The van der Waals surface area contributed by atoms with E-state index in [0.717, 1.165) is 0 Å². The van der Waals surface area contributed by atoms with Gasteiger partial charge in [-0.15, -0.1) is 0 Å². The zero-order chi connectivity index (χ0) is 12.6. The molecule has 0 radical (unpaired) electrons. The highest BCUT2D eigenvalue weighted by Crippen LogP contribution is 2.19. The number of hydrogen-bond acceptors (Lipinski definition) is 1. The molecule has 0 heterocycles. The summed E-state index contributed by atoms with van der Waals surface area (Å²) < 4.78 is 5.76. The molecule has 0 aliphatic carbocycles. The molecule has 0 aromatic heterocycles. The third-order valence-corrected chi connectivity index (χ3v) is 2.74. The first-order valence-electron chi connectivity index (χ1n) is 6.30. The summed E-state index contributed by atoms with van der Waals surface area (Å²) in [5, 5.41) is 0. The minimum atomic E-state index is 0.0245. The Morgan fingerprint density at radius 2 is 1.56 bits per heavy atom. The third-order valence-electron chi connectivity index (χ3n) is 2.74. The van der Waals surface area contributed by atoms with E-state index in [1.54, 1.807) is 0 Å². The van der Waals surface area contributed by atoms with Crippen LogP contribution in [0.25, 0.3) is 6.08 Å². The SMILES string of the molecule is CCO[C@H](/C=C/c1ccccc1)c1ccccc1. The predicted molar refractivity (Wildman–Crippen MR) is 76.3 cm³/mol. The van der Waals surface area contributed by atoms with E-state index < -0.39 is 0 Å². The minimum absolute atomic E-state index is 0.0245. The van der Waals surface area contributed by atoms with Crippen LogP contribution in [0.2, 0.25) is 0 Å². The van der Waals surface area contributed by atoms with Crippen molar-refractivity contribution in [2.45, 2.75) is 13.0 Å². The zero-order valence-corrected chi connectivity index (χ0v) is 10.6. The van der Waals surface area contributed by atoms with Crippen LogP contribution in [-0.2, 0) is 4.74 Å². The topological polar surface area (TPSA) is 9.23 Å². The van der Waals surface area contributed by atoms with Crippen LogP contribution < -0.4 is 0 Å². The van der Waals surface area contributed by atoms with Gasteiger partial charge < -0.3 is 4.74 Å². The van der Waals surface area contributed by atoms with E-state index in [-0.39, 0.29) is 6.10 Å². The highest BCUT2D eigenvalue weighted by Gasteiger charge is 2.06. The third kappa shape index (κ3) is 3.57. The van der Waals surface area contributed by atoms with Crippen molar-refractivity contribution in [2.24, 2.45) is 0 Å². The summed E-state index contributed by atoms with van der Waals surface area (Å²) in [6.07, 6.45) is 4.23. The molecule has 2 aromatic carbocycles. The fraction of sp³-hybridized carbons (Fsp3) is 0.176. The second kappa shape index (κ2) is 6.77. The first-order chi connectivity index (χ1) is 8.90. The van der Waals surface area contributed by atoms with Crippen LogP contribution in [0.5, 0.6) is 0 Å². The van der Waals surface area contributed by atoms with Gasteiger partial charge >= 0.3 is 0 Å².